The van der Waals surface area contributed by atoms with Crippen molar-refractivity contribution < 1.29 is 4.79 Å². The number of aryl methyl sites for hydroxylation is 1. The number of urea groups is 1. The number of nitrogens with one attached hydrogen (secondary N) is 2. The van der Waals surface area contributed by atoms with E-state index in [9.17, 15) is 4.79 Å². The van der Waals surface area contributed by atoms with Crippen LogP contribution < -0.4 is 10.6 Å². The van der Waals surface area contributed by atoms with Crippen molar-refractivity contribution in [3.63, 3.8) is 0 Å². The summed E-state index contributed by atoms with van der Waals surface area (Å²) in [7, 11) is 0. The fourth-order valence-corrected chi connectivity index (χ4v) is 1.20. The van der Waals surface area contributed by atoms with Gasteiger partial charge in [-0.15, -0.1) is 6.58 Å². The van der Waals surface area contributed by atoms with E-state index in [-0.39, 0.29) is 6.03 Å². The van der Waals surface area contributed by atoms with Crippen LogP contribution in [-0.2, 0) is 0 Å². The first-order valence-corrected chi connectivity index (χ1v) is 5.11. The Hall–Kier alpha value is -2.03. The van der Waals surface area contributed by atoms with Crippen LogP contribution in [-0.4, -0.2) is 12.6 Å². The van der Waals surface area contributed by atoms with Gasteiger partial charge in [-0.1, -0.05) is 35.9 Å². The van der Waals surface area contributed by atoms with Crippen molar-refractivity contribution >= 4 is 12.1 Å². The van der Waals surface area contributed by atoms with Gasteiger partial charge in [0.05, 0.1) is 0 Å². The summed E-state index contributed by atoms with van der Waals surface area (Å²) in [6, 6.07) is 7.80. The highest BCUT2D eigenvalue weighted by Crippen LogP contribution is 2.04. The van der Waals surface area contributed by atoms with Crippen molar-refractivity contribution in [3.8, 4) is 0 Å². The van der Waals surface area contributed by atoms with Gasteiger partial charge in [0.1, 0.15) is 0 Å². The third kappa shape index (κ3) is 4.46. The Labute approximate surface area is 95.9 Å². The van der Waals surface area contributed by atoms with Crippen LogP contribution in [0, 0.1) is 6.92 Å². The lowest BCUT2D eigenvalue weighted by Crippen LogP contribution is -2.31. The third-order valence-electron chi connectivity index (χ3n) is 1.94. The normalized spacial score (nSPS) is 10.1. The maximum Gasteiger partial charge on any atom is 0.319 e. The van der Waals surface area contributed by atoms with Crippen LogP contribution in [0.25, 0.3) is 6.08 Å². The lowest BCUT2D eigenvalue weighted by Gasteiger charge is -2.00. The van der Waals surface area contributed by atoms with Crippen LogP contribution in [0.4, 0.5) is 4.79 Å². The summed E-state index contributed by atoms with van der Waals surface area (Å²) in [5.41, 5.74) is 2.25. The molecule has 0 aliphatic carbocycles. The van der Waals surface area contributed by atoms with E-state index in [1.54, 1.807) is 12.3 Å². The molecule has 0 unspecified atom stereocenters. The van der Waals surface area contributed by atoms with E-state index in [2.05, 4.69) is 17.2 Å². The van der Waals surface area contributed by atoms with E-state index in [0.29, 0.717) is 6.54 Å². The maximum atomic E-state index is 11.1. The lowest BCUT2D eigenvalue weighted by atomic mass is 10.1. The number of hydrogen-bond acceptors (Lipinski definition) is 1. The predicted molar refractivity (Wildman–Crippen MR) is 66.9 cm³/mol. The number of amides is 2. The molecule has 1 aromatic carbocycles. The molecule has 0 radical (unpaired) electrons. The summed E-state index contributed by atoms with van der Waals surface area (Å²) >= 11 is 0. The highest BCUT2D eigenvalue weighted by atomic mass is 16.2. The predicted octanol–water partition coefficient (Wildman–Crippen LogP) is 2.45. The monoisotopic (exact) mass is 216 g/mol. The summed E-state index contributed by atoms with van der Waals surface area (Å²) in [5, 5.41) is 5.22. The summed E-state index contributed by atoms with van der Waals surface area (Å²) in [6.45, 7) is 6.00. The van der Waals surface area contributed by atoms with E-state index in [1.807, 2.05) is 37.3 Å². The summed E-state index contributed by atoms with van der Waals surface area (Å²) in [4.78, 5) is 11.1. The van der Waals surface area contributed by atoms with E-state index in [4.69, 9.17) is 0 Å². The number of benzene rings is 1. The van der Waals surface area contributed by atoms with Crippen LogP contribution in [0.15, 0.2) is 43.1 Å². The largest absolute Gasteiger partial charge is 0.334 e. The zero-order valence-electron chi connectivity index (χ0n) is 9.36. The molecule has 0 aliphatic heterocycles. The Balaban J connectivity index is 2.42. The van der Waals surface area contributed by atoms with E-state index in [1.165, 1.54) is 5.56 Å². The Bertz CT molecular complexity index is 397. The second-order valence-corrected chi connectivity index (χ2v) is 3.39. The molecule has 0 heterocycles. The second-order valence-electron chi connectivity index (χ2n) is 3.39. The van der Waals surface area contributed by atoms with Gasteiger partial charge in [0.15, 0.2) is 0 Å². The fraction of sp³-hybridized carbons (Fsp3) is 0.154. The Morgan fingerprint density at radius 1 is 1.50 bits per heavy atom. The Morgan fingerprint density at radius 2 is 2.31 bits per heavy atom. The summed E-state index contributed by atoms with van der Waals surface area (Å²) in [6.07, 6.45) is 5.09. The topological polar surface area (TPSA) is 41.1 Å². The number of carbonyl (C=O) groups is 1. The van der Waals surface area contributed by atoms with Crippen LogP contribution in [0.1, 0.15) is 11.1 Å². The third-order valence-corrected chi connectivity index (χ3v) is 1.94. The molecule has 2 N–H and O–H groups in total. The van der Waals surface area contributed by atoms with E-state index in [0.717, 1.165) is 5.56 Å². The van der Waals surface area contributed by atoms with Crippen LogP contribution in [0.3, 0.4) is 0 Å². The zero-order valence-corrected chi connectivity index (χ0v) is 9.36. The molecule has 3 heteroatoms. The molecule has 2 amide bonds. The molecule has 3 nitrogen and oxygen atoms in total. The van der Waals surface area contributed by atoms with Crippen molar-refractivity contribution in [2.75, 3.05) is 6.54 Å². The first-order valence-electron chi connectivity index (χ1n) is 5.11. The summed E-state index contributed by atoms with van der Waals surface area (Å²) < 4.78 is 0. The SMILES string of the molecule is C=CCNC(=O)N/C=C/c1cccc(C)c1. The van der Waals surface area contributed by atoms with Crippen molar-refractivity contribution in [2.24, 2.45) is 0 Å². The van der Waals surface area contributed by atoms with Gasteiger partial charge in [-0.3, -0.25) is 0 Å². The molecule has 0 saturated heterocycles. The van der Waals surface area contributed by atoms with Gasteiger partial charge in [0, 0.05) is 12.7 Å². The van der Waals surface area contributed by atoms with Crippen molar-refractivity contribution in [2.45, 2.75) is 6.92 Å². The van der Waals surface area contributed by atoms with Gasteiger partial charge >= 0.3 is 6.03 Å². The number of hydrogen-bond donors (Lipinski definition) is 2. The van der Waals surface area contributed by atoms with Crippen LogP contribution >= 0.6 is 0 Å². The van der Waals surface area contributed by atoms with Gasteiger partial charge in [-0.2, -0.15) is 0 Å². The van der Waals surface area contributed by atoms with Gasteiger partial charge in [-0.25, -0.2) is 4.79 Å². The highest BCUT2D eigenvalue weighted by Gasteiger charge is 1.92. The average Bonchev–Trinajstić information content (AvgIpc) is 2.26. The molecule has 0 saturated carbocycles. The molecule has 0 spiro atoms. The highest BCUT2D eigenvalue weighted by molar-refractivity contribution is 5.76. The van der Waals surface area contributed by atoms with Gasteiger partial charge < -0.3 is 10.6 Å². The molecular weight excluding hydrogens is 200 g/mol. The molecular formula is C13H16N2O. The molecule has 0 aromatic heterocycles. The quantitative estimate of drug-likeness (QED) is 0.746. The lowest BCUT2D eigenvalue weighted by molar-refractivity contribution is 0.245. The second kappa shape index (κ2) is 6.45. The molecule has 0 bridgehead atoms. The first kappa shape index (κ1) is 12.0. The summed E-state index contributed by atoms with van der Waals surface area (Å²) in [5.74, 6) is 0. The smallest absolute Gasteiger partial charge is 0.319 e. The van der Waals surface area contributed by atoms with Crippen molar-refractivity contribution in [1.82, 2.24) is 10.6 Å². The Morgan fingerprint density at radius 3 is 3.00 bits per heavy atom. The molecule has 84 valence electrons. The minimum absolute atomic E-state index is 0.233. The van der Waals surface area contributed by atoms with E-state index < -0.39 is 0 Å². The van der Waals surface area contributed by atoms with E-state index >= 15 is 0 Å². The molecule has 1 aromatic rings. The number of carbonyl (C=O) groups excluding carboxylic acids is 1. The minimum Gasteiger partial charge on any atom is -0.334 e. The number of rotatable bonds is 4. The van der Waals surface area contributed by atoms with Crippen molar-refractivity contribution in [3.05, 3.63) is 54.2 Å². The first-order chi connectivity index (χ1) is 7.72. The zero-order chi connectivity index (χ0) is 11.8. The van der Waals surface area contributed by atoms with Gasteiger partial charge in [0.2, 0.25) is 0 Å². The minimum atomic E-state index is -0.233. The standard InChI is InChI=1S/C13H16N2O/c1-3-8-14-13(16)15-9-7-12-6-4-5-11(2)10-12/h3-7,9-10H,1,8H2,2H3,(H2,14,15,16)/b9-7+. The van der Waals surface area contributed by atoms with Gasteiger partial charge in [0.25, 0.3) is 0 Å². The fourth-order valence-electron chi connectivity index (χ4n) is 1.20. The molecule has 0 fully saturated rings. The van der Waals surface area contributed by atoms with Gasteiger partial charge in [-0.05, 0) is 18.6 Å². The maximum absolute atomic E-state index is 11.1. The Kier molecular flexibility index (Phi) is 4.86. The van der Waals surface area contributed by atoms with Crippen LogP contribution in [0.2, 0.25) is 0 Å². The van der Waals surface area contributed by atoms with Crippen LogP contribution in [0.5, 0.6) is 0 Å². The van der Waals surface area contributed by atoms with Crippen molar-refractivity contribution in [1.29, 1.82) is 0 Å². The molecule has 0 aliphatic rings. The molecule has 16 heavy (non-hydrogen) atoms. The molecule has 0 atom stereocenters. The average molecular weight is 216 g/mol. The molecule has 1 rings (SSSR count).